The molecule has 1 heterocycles. The minimum absolute atomic E-state index is 0.227. The van der Waals surface area contributed by atoms with Gasteiger partial charge >= 0.3 is 0 Å². The van der Waals surface area contributed by atoms with Crippen molar-refractivity contribution in [1.82, 2.24) is 15.3 Å². The first-order chi connectivity index (χ1) is 14.9. The molecule has 5 N–H and O–H groups in total. The van der Waals surface area contributed by atoms with Crippen molar-refractivity contribution in [2.75, 3.05) is 20.7 Å². The van der Waals surface area contributed by atoms with Crippen LogP contribution in [0.4, 0.5) is 0 Å². The van der Waals surface area contributed by atoms with Crippen molar-refractivity contribution >= 4 is 11.6 Å². The number of benzene rings is 1. The van der Waals surface area contributed by atoms with E-state index >= 15 is 0 Å². The maximum atomic E-state index is 12.9. The van der Waals surface area contributed by atoms with E-state index in [4.69, 9.17) is 16.3 Å². The lowest BCUT2D eigenvalue weighted by Crippen LogP contribution is -2.40. The number of carbonyl (C=O) groups is 1. The number of nitrogens with zero attached hydrogens (tertiary/aromatic N) is 2. The van der Waals surface area contributed by atoms with E-state index in [0.29, 0.717) is 29.7 Å². The molecular formula is C24H33N5O2. The molecule has 0 spiro atoms. The smallest absolute Gasteiger partial charge is 0.271 e. The predicted molar refractivity (Wildman–Crippen MR) is 123 cm³/mol. The lowest BCUT2D eigenvalue weighted by molar-refractivity contribution is -0.119. The summed E-state index contributed by atoms with van der Waals surface area (Å²) in [5.74, 6) is 7.29. The Morgan fingerprint density at radius 2 is 1.94 bits per heavy atom. The number of likely N-dealkylation sites (N-methyl/N-ethyl adjacent to an activating group) is 1. The molecule has 0 atom stereocenters. The SMILES string of the molecule is COc1ccccc1/C(N)=C(\C(=O)NCC1CCC(c2ccnc(C)c2)CC1)N(C)N. The summed E-state index contributed by atoms with van der Waals surface area (Å²) >= 11 is 0. The summed E-state index contributed by atoms with van der Waals surface area (Å²) in [6.07, 6.45) is 6.28. The first kappa shape index (κ1) is 22.6. The number of amides is 1. The van der Waals surface area contributed by atoms with Crippen LogP contribution in [0.25, 0.3) is 5.70 Å². The molecule has 7 heteroatoms. The zero-order valence-corrected chi connectivity index (χ0v) is 18.6. The fourth-order valence-corrected chi connectivity index (χ4v) is 4.31. The van der Waals surface area contributed by atoms with Crippen molar-refractivity contribution in [3.63, 3.8) is 0 Å². The van der Waals surface area contributed by atoms with Gasteiger partial charge in [-0.3, -0.25) is 9.78 Å². The average Bonchev–Trinajstić information content (AvgIpc) is 2.77. The standard InChI is InChI=1S/C24H33N5O2/c1-16-14-19(12-13-27-16)18-10-8-17(9-11-18)15-28-24(30)23(29(2)26)22(25)20-6-4-5-7-21(20)31-3/h4-7,12-14,17-18H,8-11,15,25-26H2,1-3H3,(H,28,30)/b23-22-. The second kappa shape index (κ2) is 10.3. The van der Waals surface area contributed by atoms with Gasteiger partial charge in [-0.25, -0.2) is 5.84 Å². The van der Waals surface area contributed by atoms with Gasteiger partial charge in [0.25, 0.3) is 5.91 Å². The van der Waals surface area contributed by atoms with Gasteiger partial charge in [-0.05, 0) is 74.3 Å². The predicted octanol–water partition coefficient (Wildman–Crippen LogP) is 2.92. The van der Waals surface area contributed by atoms with Gasteiger partial charge in [-0.1, -0.05) is 12.1 Å². The van der Waals surface area contributed by atoms with E-state index < -0.39 is 0 Å². The van der Waals surface area contributed by atoms with E-state index in [9.17, 15) is 4.79 Å². The Hall–Kier alpha value is -3.06. The van der Waals surface area contributed by atoms with Crippen LogP contribution < -0.4 is 21.6 Å². The highest BCUT2D eigenvalue weighted by molar-refractivity contribution is 6.00. The van der Waals surface area contributed by atoms with Crippen molar-refractivity contribution in [3.8, 4) is 5.75 Å². The third kappa shape index (κ3) is 5.55. The van der Waals surface area contributed by atoms with Gasteiger partial charge in [0.1, 0.15) is 11.4 Å². The zero-order chi connectivity index (χ0) is 22.4. The fraction of sp³-hybridized carbons (Fsp3) is 0.417. The Morgan fingerprint density at radius 3 is 2.58 bits per heavy atom. The number of para-hydroxylation sites is 1. The van der Waals surface area contributed by atoms with Crippen LogP contribution in [0, 0.1) is 12.8 Å². The van der Waals surface area contributed by atoms with E-state index in [1.165, 1.54) is 10.6 Å². The van der Waals surface area contributed by atoms with Crippen LogP contribution in [-0.4, -0.2) is 36.6 Å². The van der Waals surface area contributed by atoms with Crippen molar-refractivity contribution in [3.05, 3.63) is 65.1 Å². The Bertz CT molecular complexity index is 933. The number of methoxy groups -OCH3 is 1. The average molecular weight is 424 g/mol. The number of hydrogen-bond donors (Lipinski definition) is 3. The molecule has 1 aliphatic carbocycles. The summed E-state index contributed by atoms with van der Waals surface area (Å²) in [6, 6.07) is 11.6. The number of nitrogens with one attached hydrogen (secondary N) is 1. The molecule has 0 unspecified atom stereocenters. The number of ether oxygens (including phenoxy) is 1. The van der Waals surface area contributed by atoms with Crippen molar-refractivity contribution < 1.29 is 9.53 Å². The maximum absolute atomic E-state index is 12.9. The fourth-order valence-electron chi connectivity index (χ4n) is 4.31. The second-order valence-corrected chi connectivity index (χ2v) is 8.23. The van der Waals surface area contributed by atoms with Crippen LogP contribution in [-0.2, 0) is 4.79 Å². The second-order valence-electron chi connectivity index (χ2n) is 8.23. The molecule has 166 valence electrons. The number of aryl methyl sites for hydroxylation is 1. The lowest BCUT2D eigenvalue weighted by Gasteiger charge is -2.29. The molecule has 0 bridgehead atoms. The van der Waals surface area contributed by atoms with E-state index in [-0.39, 0.29) is 17.3 Å². The molecule has 2 aromatic rings. The summed E-state index contributed by atoms with van der Waals surface area (Å²) in [4.78, 5) is 17.2. The molecule has 0 saturated heterocycles. The molecule has 1 amide bonds. The summed E-state index contributed by atoms with van der Waals surface area (Å²) in [7, 11) is 3.18. The zero-order valence-electron chi connectivity index (χ0n) is 18.6. The highest BCUT2D eigenvalue weighted by Crippen LogP contribution is 2.35. The molecule has 1 fully saturated rings. The van der Waals surface area contributed by atoms with E-state index in [0.717, 1.165) is 31.4 Å². The maximum Gasteiger partial charge on any atom is 0.271 e. The quantitative estimate of drug-likeness (QED) is 0.359. The lowest BCUT2D eigenvalue weighted by atomic mass is 9.79. The number of rotatable bonds is 7. The van der Waals surface area contributed by atoms with E-state index in [1.807, 2.05) is 31.3 Å². The van der Waals surface area contributed by atoms with Gasteiger partial charge in [0, 0.05) is 31.0 Å². The highest BCUT2D eigenvalue weighted by Gasteiger charge is 2.25. The van der Waals surface area contributed by atoms with Crippen molar-refractivity contribution in [1.29, 1.82) is 0 Å². The summed E-state index contributed by atoms with van der Waals surface area (Å²) in [5.41, 5.74) is 9.92. The van der Waals surface area contributed by atoms with Crippen LogP contribution >= 0.6 is 0 Å². The normalized spacial score (nSPS) is 19.4. The summed E-state index contributed by atoms with van der Waals surface area (Å²) < 4.78 is 5.38. The van der Waals surface area contributed by atoms with Crippen LogP contribution in [0.15, 0.2) is 48.3 Å². The Labute approximate surface area is 184 Å². The Kier molecular flexibility index (Phi) is 7.52. The number of aromatic nitrogens is 1. The molecule has 3 rings (SSSR count). The van der Waals surface area contributed by atoms with Gasteiger partial charge in [0.2, 0.25) is 0 Å². The highest BCUT2D eigenvalue weighted by atomic mass is 16.5. The van der Waals surface area contributed by atoms with Gasteiger partial charge in [0.05, 0.1) is 12.8 Å². The number of nitrogens with two attached hydrogens (primary N) is 2. The van der Waals surface area contributed by atoms with Crippen molar-refractivity contribution in [2.45, 2.75) is 38.5 Å². The Balaban J connectivity index is 1.62. The van der Waals surface area contributed by atoms with Crippen molar-refractivity contribution in [2.24, 2.45) is 17.5 Å². The molecule has 0 aliphatic heterocycles. The van der Waals surface area contributed by atoms with Crippen LogP contribution in [0.5, 0.6) is 5.75 Å². The largest absolute Gasteiger partial charge is 0.496 e. The van der Waals surface area contributed by atoms with Crippen LogP contribution in [0.1, 0.15) is 48.4 Å². The molecule has 1 aliphatic rings. The first-order valence-corrected chi connectivity index (χ1v) is 10.7. The van der Waals surface area contributed by atoms with Gasteiger partial charge in [0.15, 0.2) is 0 Å². The number of carbonyl (C=O) groups excluding carboxylic acids is 1. The first-order valence-electron chi connectivity index (χ1n) is 10.7. The van der Waals surface area contributed by atoms with Crippen LogP contribution in [0.2, 0.25) is 0 Å². The monoisotopic (exact) mass is 423 g/mol. The molecule has 31 heavy (non-hydrogen) atoms. The van der Waals surface area contributed by atoms with E-state index in [2.05, 4.69) is 22.4 Å². The van der Waals surface area contributed by atoms with E-state index in [1.54, 1.807) is 20.2 Å². The Morgan fingerprint density at radius 1 is 1.23 bits per heavy atom. The van der Waals surface area contributed by atoms with Gasteiger partial charge in [-0.15, -0.1) is 0 Å². The van der Waals surface area contributed by atoms with Gasteiger partial charge < -0.3 is 20.8 Å². The molecular weight excluding hydrogens is 390 g/mol. The molecule has 1 saturated carbocycles. The molecule has 7 nitrogen and oxygen atoms in total. The minimum atomic E-state index is -0.278. The molecule has 0 radical (unpaired) electrons. The number of pyridine rings is 1. The summed E-state index contributed by atoms with van der Waals surface area (Å²) in [6.45, 7) is 2.64. The topological polar surface area (TPSA) is 106 Å². The summed E-state index contributed by atoms with van der Waals surface area (Å²) in [5, 5.41) is 4.30. The van der Waals surface area contributed by atoms with Gasteiger partial charge in [-0.2, -0.15) is 0 Å². The molecule has 1 aromatic heterocycles. The third-order valence-electron chi connectivity index (χ3n) is 6.01. The number of hydrogen-bond acceptors (Lipinski definition) is 6. The van der Waals surface area contributed by atoms with Crippen LogP contribution in [0.3, 0.4) is 0 Å². The molecule has 1 aromatic carbocycles. The third-order valence-corrected chi connectivity index (χ3v) is 6.01. The minimum Gasteiger partial charge on any atom is -0.496 e. The number of hydrazine groups is 1.